The molecule has 2 aliphatic rings. The number of thioether (sulfide) groups is 1. The van der Waals surface area contributed by atoms with Crippen LogP contribution in [0.15, 0.2) is 39.9 Å². The Morgan fingerprint density at radius 3 is 2.71 bits per heavy atom. The highest BCUT2D eigenvalue weighted by molar-refractivity contribution is 8.00. The lowest BCUT2D eigenvalue weighted by atomic mass is 10.0. The first-order chi connectivity index (χ1) is 23.3. The molecule has 1 saturated heterocycles. The summed E-state index contributed by atoms with van der Waals surface area (Å²) >= 11 is 8.32. The SMILES string of the molecule is CNCCn1c(/N=C\N(C)C)nc2c[n+](CC3=C(C(=O)O)N4C(=O)C(NC(=O)/C(=N\O[C@@H](C)C(=O)O)c5nc(N)sc5Cl)C4SC3)ccc21. The number of likely N-dealkylation sites (N-methyl/N-ethyl adjacent to an activating group) is 1. The summed E-state index contributed by atoms with van der Waals surface area (Å²) in [6.07, 6.45) is 3.86. The van der Waals surface area contributed by atoms with Crippen molar-refractivity contribution >= 4 is 92.6 Å². The Morgan fingerprint density at radius 2 is 2.08 bits per heavy atom. The number of carboxylic acids is 2. The van der Waals surface area contributed by atoms with Crippen LogP contribution in [0.3, 0.4) is 0 Å². The van der Waals surface area contributed by atoms with Crippen LogP contribution in [0.25, 0.3) is 11.0 Å². The van der Waals surface area contributed by atoms with Crippen molar-refractivity contribution in [1.29, 1.82) is 0 Å². The Kier molecular flexibility index (Phi) is 10.7. The molecule has 5 rings (SSSR count). The Morgan fingerprint density at radius 1 is 1.33 bits per heavy atom. The molecule has 3 aromatic rings. The zero-order valence-corrected chi connectivity index (χ0v) is 29.0. The number of rotatable bonds is 14. The zero-order valence-electron chi connectivity index (χ0n) is 26.7. The summed E-state index contributed by atoms with van der Waals surface area (Å²) in [7, 11) is 5.58. The number of carbonyl (C=O) groups is 4. The van der Waals surface area contributed by atoms with Gasteiger partial charge in [0.15, 0.2) is 35.3 Å². The Bertz CT molecular complexity index is 1910. The topological polar surface area (TPSA) is 234 Å². The number of fused-ring (bicyclic) bond motifs is 2. The van der Waals surface area contributed by atoms with Gasteiger partial charge in [-0.3, -0.25) is 14.5 Å². The van der Waals surface area contributed by atoms with E-state index in [1.807, 2.05) is 38.0 Å². The van der Waals surface area contributed by atoms with E-state index in [0.29, 0.717) is 30.1 Å². The monoisotopic (exact) mass is 734 g/mol. The number of carbonyl (C=O) groups excluding carboxylic acids is 2. The highest BCUT2D eigenvalue weighted by Crippen LogP contribution is 2.40. The van der Waals surface area contributed by atoms with E-state index in [2.05, 4.69) is 30.7 Å². The standard InChI is InChI=1S/C28H32ClN11O7S2/c1-13(25(43)44)47-36-18(17-21(29)49-27(30)35-17)22(41)34-19-23(42)40-20(26(45)46)14(11-48-24(19)40)9-38-7-5-16-15(10-38)33-28(32-12-37(3)4)39(16)8-6-31-2/h5,7,10,12-13,19,24,31H,6,8-9,11H2,1-4H3,(H4-,30,34,35,41,43,44,45,46)/p+1/b32-12-,36-18-/t13-,19?,24?/m0/s1. The lowest BCUT2D eigenvalue weighted by Gasteiger charge is -2.49. The van der Waals surface area contributed by atoms with Crippen LogP contribution in [-0.4, -0.2) is 121 Å². The third-order valence-corrected chi connectivity index (χ3v) is 9.74. The fourth-order valence-corrected chi connectivity index (χ4v) is 7.25. The molecule has 2 aliphatic heterocycles. The summed E-state index contributed by atoms with van der Waals surface area (Å²) in [6.45, 7) is 2.69. The number of oxime groups is 1. The second-order valence-electron chi connectivity index (χ2n) is 11.1. The molecule has 6 N–H and O–H groups in total. The number of carboxylic acid groups (broad SMARTS) is 2. The van der Waals surface area contributed by atoms with Gasteiger partial charge < -0.3 is 40.9 Å². The molecule has 0 radical (unpaired) electrons. The molecule has 3 aromatic heterocycles. The van der Waals surface area contributed by atoms with Crippen LogP contribution in [0.1, 0.15) is 12.6 Å². The maximum absolute atomic E-state index is 13.4. The average molecular weight is 735 g/mol. The van der Waals surface area contributed by atoms with Gasteiger partial charge in [-0.2, -0.15) is 4.57 Å². The molecule has 18 nitrogen and oxygen atoms in total. The van der Waals surface area contributed by atoms with E-state index in [1.54, 1.807) is 22.0 Å². The maximum atomic E-state index is 13.4. The van der Waals surface area contributed by atoms with E-state index in [0.717, 1.165) is 21.8 Å². The number of nitrogens with two attached hydrogens (primary N) is 1. The van der Waals surface area contributed by atoms with Crippen molar-refractivity contribution in [1.82, 2.24) is 35.0 Å². The molecule has 5 heterocycles. The molecule has 3 atom stereocenters. The number of amides is 2. The highest BCUT2D eigenvalue weighted by atomic mass is 35.5. The minimum atomic E-state index is -1.42. The fourth-order valence-electron chi connectivity index (χ4n) is 4.98. The van der Waals surface area contributed by atoms with E-state index in [-0.39, 0.29) is 33.2 Å². The molecule has 0 aromatic carbocycles. The summed E-state index contributed by atoms with van der Waals surface area (Å²) in [5.74, 6) is -3.46. The Hall–Kier alpha value is -4.79. The van der Waals surface area contributed by atoms with Gasteiger partial charge in [-0.1, -0.05) is 28.1 Å². The third kappa shape index (κ3) is 7.46. The van der Waals surface area contributed by atoms with Crippen LogP contribution in [0.2, 0.25) is 4.34 Å². The molecule has 0 spiro atoms. The maximum Gasteiger partial charge on any atom is 0.352 e. The van der Waals surface area contributed by atoms with Gasteiger partial charge in [0.2, 0.25) is 12.1 Å². The predicted octanol–water partition coefficient (Wildman–Crippen LogP) is 0.0893. The number of thiazole rings is 1. The van der Waals surface area contributed by atoms with Crippen LogP contribution < -0.4 is 20.9 Å². The largest absolute Gasteiger partial charge is 0.478 e. The Balaban J connectivity index is 1.37. The van der Waals surface area contributed by atoms with Gasteiger partial charge in [-0.05, 0) is 14.0 Å². The lowest BCUT2D eigenvalue weighted by Crippen LogP contribution is -2.71. The number of nitrogens with zero attached hydrogens (tertiary/aromatic N) is 8. The van der Waals surface area contributed by atoms with Crippen molar-refractivity contribution in [2.24, 2.45) is 10.1 Å². The van der Waals surface area contributed by atoms with Gasteiger partial charge in [-0.15, -0.1) is 11.8 Å². The smallest absolute Gasteiger partial charge is 0.352 e. The molecule has 1 fully saturated rings. The molecule has 0 saturated carbocycles. The Labute approximate surface area is 292 Å². The van der Waals surface area contributed by atoms with Gasteiger partial charge >= 0.3 is 11.9 Å². The van der Waals surface area contributed by atoms with Crippen LogP contribution in [0.4, 0.5) is 11.1 Å². The number of anilines is 1. The molecular formula is C28H33ClN11O7S2+. The van der Waals surface area contributed by atoms with Crippen molar-refractivity contribution in [3.05, 3.63) is 39.8 Å². The summed E-state index contributed by atoms with van der Waals surface area (Å²) in [5.41, 5.74) is 6.88. The normalized spacial score (nSPS) is 18.4. The van der Waals surface area contributed by atoms with Crippen molar-refractivity contribution in [2.45, 2.75) is 37.5 Å². The second kappa shape index (κ2) is 14.8. The molecule has 21 heteroatoms. The first-order valence-corrected chi connectivity index (χ1v) is 16.9. The number of aliphatic carboxylic acids is 2. The first kappa shape index (κ1) is 35.5. The van der Waals surface area contributed by atoms with E-state index in [4.69, 9.17) is 27.3 Å². The number of nitrogens with one attached hydrogen (secondary N) is 2. The van der Waals surface area contributed by atoms with Crippen molar-refractivity contribution in [2.75, 3.05) is 39.2 Å². The third-order valence-electron chi connectivity index (χ3n) is 7.32. The number of aromatic nitrogens is 4. The molecule has 0 bridgehead atoms. The number of hydrogen-bond donors (Lipinski definition) is 5. The van der Waals surface area contributed by atoms with Crippen molar-refractivity contribution in [3.63, 3.8) is 0 Å². The molecule has 49 heavy (non-hydrogen) atoms. The van der Waals surface area contributed by atoms with E-state index in [1.165, 1.54) is 18.7 Å². The van der Waals surface area contributed by atoms with Gasteiger partial charge in [0.25, 0.3) is 11.8 Å². The van der Waals surface area contributed by atoms with Crippen molar-refractivity contribution < 1.29 is 38.8 Å². The molecule has 2 amide bonds. The van der Waals surface area contributed by atoms with E-state index < -0.39 is 47.0 Å². The summed E-state index contributed by atoms with van der Waals surface area (Å²) < 4.78 is 3.77. The van der Waals surface area contributed by atoms with Gasteiger partial charge in [0.05, 0.1) is 11.9 Å². The number of pyridine rings is 1. The first-order valence-electron chi connectivity index (χ1n) is 14.6. The summed E-state index contributed by atoms with van der Waals surface area (Å²) in [6, 6.07) is 0.756. The van der Waals surface area contributed by atoms with Gasteiger partial charge in [-0.25, -0.2) is 24.5 Å². The van der Waals surface area contributed by atoms with Crippen LogP contribution in [-0.2, 0) is 37.1 Å². The summed E-state index contributed by atoms with van der Waals surface area (Å²) in [5, 5.41) is 28.0. The second-order valence-corrected chi connectivity index (χ2v) is 13.8. The zero-order chi connectivity index (χ0) is 35.6. The number of aliphatic imine (C=N–C) groups is 1. The lowest BCUT2D eigenvalue weighted by molar-refractivity contribution is -0.687. The predicted molar refractivity (Wildman–Crippen MR) is 182 cm³/mol. The highest BCUT2D eigenvalue weighted by Gasteiger charge is 2.55. The number of nitrogen functional groups attached to an aromatic ring is 1. The summed E-state index contributed by atoms with van der Waals surface area (Å²) in [4.78, 5) is 71.6. The minimum absolute atomic E-state index is 0.00902. The average Bonchev–Trinajstić information content (AvgIpc) is 3.57. The minimum Gasteiger partial charge on any atom is -0.478 e. The van der Waals surface area contributed by atoms with Gasteiger partial charge in [0.1, 0.15) is 27.1 Å². The fraction of sp³-hybridized carbons (Fsp3) is 0.393. The van der Waals surface area contributed by atoms with E-state index >= 15 is 0 Å². The molecule has 2 unspecified atom stereocenters. The number of halogens is 1. The van der Waals surface area contributed by atoms with Crippen molar-refractivity contribution in [3.8, 4) is 0 Å². The number of β-lactam (4-membered cyclic amide) rings is 1. The van der Waals surface area contributed by atoms with E-state index in [9.17, 15) is 24.3 Å². The van der Waals surface area contributed by atoms with Crippen LogP contribution in [0, 0.1) is 0 Å². The quantitative estimate of drug-likeness (QED) is 0.0486. The molecular weight excluding hydrogens is 702 g/mol. The van der Waals surface area contributed by atoms with Crippen LogP contribution >= 0.6 is 34.7 Å². The van der Waals surface area contributed by atoms with Gasteiger partial charge in [0, 0.05) is 44.6 Å². The number of hydrogen-bond acceptors (Lipinski definition) is 13. The molecule has 260 valence electrons. The molecule has 0 aliphatic carbocycles. The number of imidazole rings is 1. The van der Waals surface area contributed by atoms with Crippen LogP contribution in [0.5, 0.6) is 0 Å².